The van der Waals surface area contributed by atoms with E-state index in [9.17, 15) is 9.59 Å². The molecule has 162 valence electrons. The van der Waals surface area contributed by atoms with E-state index in [0.29, 0.717) is 0 Å². The van der Waals surface area contributed by atoms with Crippen LogP contribution in [0.2, 0.25) is 0 Å². The number of ether oxygens (including phenoxy) is 1. The lowest BCUT2D eigenvalue weighted by Crippen LogP contribution is -2.53. The van der Waals surface area contributed by atoms with E-state index in [2.05, 4.69) is 11.9 Å². The zero-order chi connectivity index (χ0) is 21.1. The van der Waals surface area contributed by atoms with Gasteiger partial charge >= 0.3 is 6.09 Å². The minimum Gasteiger partial charge on any atom is -0.444 e. The molecule has 0 aromatic carbocycles. The number of hydrogen-bond donors (Lipinski definition) is 0. The minimum atomic E-state index is -0.573. The van der Waals surface area contributed by atoms with E-state index < -0.39 is 17.2 Å². The van der Waals surface area contributed by atoms with Gasteiger partial charge in [-0.05, 0) is 99.2 Å². The van der Waals surface area contributed by atoms with Gasteiger partial charge in [0.1, 0.15) is 12.1 Å². The summed E-state index contributed by atoms with van der Waals surface area (Å²) in [5.74, 6) is 1.58. The second-order valence-corrected chi connectivity index (χ2v) is 10.6. The van der Waals surface area contributed by atoms with Crippen LogP contribution in [-0.2, 0) is 9.53 Å². The molecule has 2 fully saturated rings. The normalized spacial score (nSPS) is 20.9. The van der Waals surface area contributed by atoms with Crippen LogP contribution in [0.15, 0.2) is 0 Å². The smallest absolute Gasteiger partial charge is 0.411 e. The molecule has 0 radical (unpaired) electrons. The summed E-state index contributed by atoms with van der Waals surface area (Å²) in [6.07, 6.45) is 4.32. The second-order valence-electron chi connectivity index (χ2n) is 10.6. The summed E-state index contributed by atoms with van der Waals surface area (Å²) in [5.41, 5.74) is -1.04. The minimum absolute atomic E-state index is 0.0302. The highest BCUT2D eigenvalue weighted by Crippen LogP contribution is 2.32. The maximum atomic E-state index is 12.9. The fraction of sp³-hybridized carbons (Fsp3) is 0.909. The average Bonchev–Trinajstić information content (AvgIpc) is 2.57. The Hall–Kier alpha value is -1.30. The molecule has 0 atom stereocenters. The van der Waals surface area contributed by atoms with Crippen LogP contribution in [0.1, 0.15) is 67.2 Å². The van der Waals surface area contributed by atoms with Crippen molar-refractivity contribution in [1.82, 2.24) is 14.7 Å². The van der Waals surface area contributed by atoms with Crippen molar-refractivity contribution in [3.63, 3.8) is 0 Å². The van der Waals surface area contributed by atoms with Gasteiger partial charge in [-0.1, -0.05) is 0 Å². The summed E-state index contributed by atoms with van der Waals surface area (Å²) in [4.78, 5) is 31.5. The van der Waals surface area contributed by atoms with E-state index in [0.717, 1.165) is 37.8 Å². The van der Waals surface area contributed by atoms with E-state index in [1.807, 2.05) is 46.4 Å². The molecule has 0 aliphatic carbocycles. The summed E-state index contributed by atoms with van der Waals surface area (Å²) in [7, 11) is 2.20. The van der Waals surface area contributed by atoms with Crippen LogP contribution in [0.3, 0.4) is 0 Å². The summed E-state index contributed by atoms with van der Waals surface area (Å²) in [6, 6.07) is 0. The van der Waals surface area contributed by atoms with Gasteiger partial charge in [0.15, 0.2) is 0 Å². The van der Waals surface area contributed by atoms with Crippen molar-refractivity contribution < 1.29 is 14.3 Å². The molecule has 2 amide bonds. The van der Waals surface area contributed by atoms with Gasteiger partial charge in [0.2, 0.25) is 5.91 Å². The summed E-state index contributed by atoms with van der Waals surface area (Å²) in [5, 5.41) is 0. The standard InChI is InChI=1S/C22H41N3O3/c1-21(2,3)25(20(27)28-22(4,5)6)16-19(26)24-14-10-18(11-15-24)17-8-12-23(7)13-9-17/h17-18H,8-16H2,1-7H3. The van der Waals surface area contributed by atoms with Crippen LogP contribution in [0.25, 0.3) is 0 Å². The van der Waals surface area contributed by atoms with Crippen molar-refractivity contribution in [3.05, 3.63) is 0 Å². The zero-order valence-corrected chi connectivity index (χ0v) is 19.1. The van der Waals surface area contributed by atoms with Crippen LogP contribution >= 0.6 is 0 Å². The Morgan fingerprint density at radius 2 is 1.36 bits per heavy atom. The van der Waals surface area contributed by atoms with E-state index in [1.54, 1.807) is 4.90 Å². The highest BCUT2D eigenvalue weighted by Gasteiger charge is 2.35. The summed E-state index contributed by atoms with van der Waals surface area (Å²) in [6.45, 7) is 15.5. The summed E-state index contributed by atoms with van der Waals surface area (Å²) < 4.78 is 5.53. The van der Waals surface area contributed by atoms with Crippen molar-refractivity contribution in [2.45, 2.75) is 78.4 Å². The molecule has 0 spiro atoms. The first-order valence-electron chi connectivity index (χ1n) is 10.8. The van der Waals surface area contributed by atoms with E-state index in [1.165, 1.54) is 25.9 Å². The van der Waals surface area contributed by atoms with Crippen molar-refractivity contribution in [2.75, 3.05) is 39.8 Å². The van der Waals surface area contributed by atoms with Crippen molar-refractivity contribution in [1.29, 1.82) is 0 Å². The average molecular weight is 396 g/mol. The fourth-order valence-corrected chi connectivity index (χ4v) is 4.25. The number of nitrogens with zero attached hydrogens (tertiary/aromatic N) is 3. The Kier molecular flexibility index (Phi) is 7.40. The first-order valence-corrected chi connectivity index (χ1v) is 10.8. The van der Waals surface area contributed by atoms with Gasteiger partial charge in [-0.2, -0.15) is 0 Å². The van der Waals surface area contributed by atoms with Crippen LogP contribution in [0.4, 0.5) is 4.79 Å². The lowest BCUT2D eigenvalue weighted by Gasteiger charge is -2.41. The predicted molar refractivity (Wildman–Crippen MR) is 112 cm³/mol. The molecule has 2 rings (SSSR count). The number of carbonyl (C=O) groups excluding carboxylic acids is 2. The molecule has 6 heteroatoms. The molecule has 0 saturated carbocycles. The zero-order valence-electron chi connectivity index (χ0n) is 19.1. The number of piperidine rings is 2. The monoisotopic (exact) mass is 395 g/mol. The Bertz CT molecular complexity index is 534. The van der Waals surface area contributed by atoms with Gasteiger partial charge in [0.05, 0.1) is 0 Å². The Morgan fingerprint density at radius 1 is 0.893 bits per heavy atom. The largest absolute Gasteiger partial charge is 0.444 e. The maximum absolute atomic E-state index is 12.9. The first kappa shape index (κ1) is 23.0. The van der Waals surface area contributed by atoms with Crippen molar-refractivity contribution in [2.24, 2.45) is 11.8 Å². The molecule has 6 nitrogen and oxygen atoms in total. The lowest BCUT2D eigenvalue weighted by molar-refractivity contribution is -0.135. The third kappa shape index (κ3) is 6.64. The van der Waals surface area contributed by atoms with Gasteiger partial charge in [-0.3, -0.25) is 9.69 Å². The molecule has 0 unspecified atom stereocenters. The highest BCUT2D eigenvalue weighted by atomic mass is 16.6. The molecule has 0 N–H and O–H groups in total. The first-order chi connectivity index (χ1) is 12.9. The highest BCUT2D eigenvalue weighted by molar-refractivity contribution is 5.83. The molecule has 2 heterocycles. The van der Waals surface area contributed by atoms with Gasteiger partial charge < -0.3 is 14.5 Å². The summed E-state index contributed by atoms with van der Waals surface area (Å²) >= 11 is 0. The Morgan fingerprint density at radius 3 is 1.79 bits per heavy atom. The van der Waals surface area contributed by atoms with Crippen LogP contribution in [0, 0.1) is 11.8 Å². The van der Waals surface area contributed by atoms with Gasteiger partial charge in [0, 0.05) is 18.6 Å². The van der Waals surface area contributed by atoms with Crippen molar-refractivity contribution >= 4 is 12.0 Å². The number of rotatable bonds is 3. The van der Waals surface area contributed by atoms with Crippen LogP contribution in [0.5, 0.6) is 0 Å². The predicted octanol–water partition coefficient (Wildman–Crippen LogP) is 3.60. The number of hydrogen-bond acceptors (Lipinski definition) is 4. The number of likely N-dealkylation sites (tertiary alicyclic amines) is 2. The topological polar surface area (TPSA) is 53.1 Å². The molecular weight excluding hydrogens is 354 g/mol. The van der Waals surface area contributed by atoms with E-state index in [-0.39, 0.29) is 12.5 Å². The van der Waals surface area contributed by atoms with Gasteiger partial charge in [0.25, 0.3) is 0 Å². The molecule has 28 heavy (non-hydrogen) atoms. The molecule has 2 aliphatic heterocycles. The molecular formula is C22H41N3O3. The molecule has 0 bridgehead atoms. The van der Waals surface area contributed by atoms with E-state index in [4.69, 9.17) is 4.74 Å². The second kappa shape index (κ2) is 9.02. The van der Waals surface area contributed by atoms with Gasteiger partial charge in [-0.15, -0.1) is 0 Å². The number of amides is 2. The fourth-order valence-electron chi connectivity index (χ4n) is 4.25. The molecule has 0 aromatic heterocycles. The van der Waals surface area contributed by atoms with E-state index >= 15 is 0 Å². The third-order valence-electron chi connectivity index (χ3n) is 6.04. The van der Waals surface area contributed by atoms with Crippen molar-refractivity contribution in [3.8, 4) is 0 Å². The molecule has 0 aromatic rings. The van der Waals surface area contributed by atoms with Crippen LogP contribution in [-0.4, -0.2) is 77.6 Å². The molecule has 2 saturated heterocycles. The van der Waals surface area contributed by atoms with Gasteiger partial charge in [-0.25, -0.2) is 4.79 Å². The Labute approximate surface area is 171 Å². The maximum Gasteiger partial charge on any atom is 0.411 e. The quantitative estimate of drug-likeness (QED) is 0.733. The van der Waals surface area contributed by atoms with Crippen LogP contribution < -0.4 is 0 Å². The number of carbonyl (C=O) groups is 2. The lowest BCUT2D eigenvalue weighted by atomic mass is 9.79. The Balaban J connectivity index is 1.89. The third-order valence-corrected chi connectivity index (χ3v) is 6.04. The molecule has 2 aliphatic rings. The SMILES string of the molecule is CN1CCC(C2CCN(C(=O)CN(C(=O)OC(C)(C)C)C(C)(C)C)CC2)CC1.